The largest absolute Gasteiger partial charge is 0.495 e. The summed E-state index contributed by atoms with van der Waals surface area (Å²) in [6.07, 6.45) is 3.20. The Labute approximate surface area is 134 Å². The van der Waals surface area contributed by atoms with Gasteiger partial charge >= 0.3 is 5.97 Å². The number of thiophene rings is 1. The molecule has 1 N–H and O–H groups in total. The van der Waals surface area contributed by atoms with Crippen molar-refractivity contribution < 1.29 is 14.6 Å². The van der Waals surface area contributed by atoms with Crippen LogP contribution in [0.5, 0.6) is 0 Å². The summed E-state index contributed by atoms with van der Waals surface area (Å²) < 4.78 is 6.43. The molecule has 0 atom stereocenters. The van der Waals surface area contributed by atoms with Crippen molar-refractivity contribution in [3.63, 3.8) is 0 Å². The summed E-state index contributed by atoms with van der Waals surface area (Å²) in [6, 6.07) is 9.64. The number of carboxylic acid groups (broad SMARTS) is 1. The third kappa shape index (κ3) is 2.54. The van der Waals surface area contributed by atoms with Crippen LogP contribution in [-0.2, 0) is 9.53 Å². The molecule has 0 fully saturated rings. The Morgan fingerprint density at radius 3 is 2.81 bits per heavy atom. The van der Waals surface area contributed by atoms with Crippen LogP contribution in [0.2, 0.25) is 0 Å². The zero-order valence-corrected chi connectivity index (χ0v) is 13.5. The number of hydrogen-bond donors (Lipinski definition) is 1. The maximum Gasteiger partial charge on any atom is 0.328 e. The van der Waals surface area contributed by atoms with Crippen molar-refractivity contribution >= 4 is 50.6 Å². The molecule has 3 rings (SSSR count). The van der Waals surface area contributed by atoms with E-state index in [0.717, 1.165) is 31.1 Å². The van der Waals surface area contributed by atoms with E-state index in [1.807, 2.05) is 36.4 Å². The van der Waals surface area contributed by atoms with Gasteiger partial charge in [0.2, 0.25) is 0 Å². The van der Waals surface area contributed by atoms with Gasteiger partial charge in [0.1, 0.15) is 5.76 Å². The molecule has 0 unspecified atom stereocenters. The minimum absolute atomic E-state index is 0.693. The molecule has 1 aliphatic carbocycles. The molecule has 0 bridgehead atoms. The van der Waals surface area contributed by atoms with Crippen molar-refractivity contribution in [2.45, 2.75) is 0 Å². The van der Waals surface area contributed by atoms with Gasteiger partial charge in [0.15, 0.2) is 0 Å². The Morgan fingerprint density at radius 1 is 1.33 bits per heavy atom. The Bertz CT molecular complexity index is 787. The zero-order chi connectivity index (χ0) is 15.0. The van der Waals surface area contributed by atoms with Gasteiger partial charge in [0.25, 0.3) is 0 Å². The summed E-state index contributed by atoms with van der Waals surface area (Å²) in [6.45, 7) is 0. The monoisotopic (exact) mass is 362 g/mol. The smallest absolute Gasteiger partial charge is 0.328 e. The molecule has 0 radical (unpaired) electrons. The Balaban J connectivity index is 2.37. The summed E-state index contributed by atoms with van der Waals surface area (Å²) in [5.41, 5.74) is 3.39. The van der Waals surface area contributed by atoms with Gasteiger partial charge in [0, 0.05) is 11.6 Å². The van der Waals surface area contributed by atoms with E-state index in [4.69, 9.17) is 4.74 Å². The van der Waals surface area contributed by atoms with E-state index in [-0.39, 0.29) is 0 Å². The minimum Gasteiger partial charge on any atom is -0.495 e. The fraction of sp³-hybridized carbons (Fsp3) is 0.0625. The molecule has 3 nitrogen and oxygen atoms in total. The summed E-state index contributed by atoms with van der Waals surface area (Å²) in [7, 11) is 1.62. The number of methoxy groups -OCH3 is 1. The van der Waals surface area contributed by atoms with Gasteiger partial charge in [-0.1, -0.05) is 24.3 Å². The molecule has 2 aromatic rings. The summed E-state index contributed by atoms with van der Waals surface area (Å²) in [5.74, 6) is -0.226. The Hall–Kier alpha value is -1.85. The first kappa shape index (κ1) is 14.1. The molecule has 106 valence electrons. The molecule has 0 aliphatic heterocycles. The maximum atomic E-state index is 11.2. The molecule has 0 amide bonds. The standard InChI is InChI=1S/C16H11BrO3S/c1-20-13-6-9-4-2-3-5-10(9)11(8-15(18)19)12-7-14(17)21-16(12)13/h2-8H,1H3,(H,18,19). The first-order valence-corrected chi connectivity index (χ1v) is 7.81. The lowest BCUT2D eigenvalue weighted by Crippen LogP contribution is -1.95. The van der Waals surface area contributed by atoms with Crippen LogP contribution < -0.4 is 0 Å². The summed E-state index contributed by atoms with van der Waals surface area (Å²) in [5, 5.41) is 9.21. The van der Waals surface area contributed by atoms with E-state index >= 15 is 0 Å². The highest BCUT2D eigenvalue weighted by Gasteiger charge is 2.23. The van der Waals surface area contributed by atoms with Crippen molar-refractivity contribution in [2.75, 3.05) is 7.11 Å². The van der Waals surface area contributed by atoms with E-state index in [1.54, 1.807) is 7.11 Å². The van der Waals surface area contributed by atoms with Crippen LogP contribution in [0.4, 0.5) is 0 Å². The van der Waals surface area contributed by atoms with Gasteiger partial charge in [-0.2, -0.15) is 0 Å². The average Bonchev–Trinajstić information content (AvgIpc) is 2.79. The number of carbonyl (C=O) groups is 1. The fourth-order valence-corrected chi connectivity index (χ4v) is 4.00. The second-order valence-corrected chi connectivity index (χ2v) is 6.92. The fourth-order valence-electron chi connectivity index (χ4n) is 2.39. The molecule has 1 aliphatic rings. The number of carboxylic acids is 1. The van der Waals surface area contributed by atoms with Crippen LogP contribution >= 0.6 is 27.3 Å². The molecular weight excluding hydrogens is 352 g/mol. The van der Waals surface area contributed by atoms with E-state index in [1.165, 1.54) is 17.4 Å². The second-order valence-electron chi connectivity index (χ2n) is 4.49. The quantitative estimate of drug-likeness (QED) is 0.800. The van der Waals surface area contributed by atoms with Crippen molar-refractivity contribution in [3.8, 4) is 0 Å². The lowest BCUT2D eigenvalue weighted by Gasteiger charge is -2.08. The molecule has 0 spiro atoms. The first-order chi connectivity index (χ1) is 10.1. The SMILES string of the molecule is COC1=Cc2ccccc2C(=CC(=O)O)c2cc(Br)sc21. The molecule has 21 heavy (non-hydrogen) atoms. The highest BCUT2D eigenvalue weighted by atomic mass is 79.9. The van der Waals surface area contributed by atoms with E-state index < -0.39 is 5.97 Å². The highest BCUT2D eigenvalue weighted by Crippen LogP contribution is 2.43. The van der Waals surface area contributed by atoms with Crippen molar-refractivity contribution in [2.24, 2.45) is 0 Å². The molecule has 1 aromatic heterocycles. The molecule has 0 saturated heterocycles. The number of hydrogen-bond acceptors (Lipinski definition) is 3. The van der Waals surface area contributed by atoms with Crippen LogP contribution in [0, 0.1) is 0 Å². The Kier molecular flexibility index (Phi) is 3.69. The number of ether oxygens (including phenoxy) is 1. The summed E-state index contributed by atoms with van der Waals surface area (Å²) >= 11 is 5.00. The van der Waals surface area contributed by atoms with Crippen LogP contribution in [0.1, 0.15) is 21.6 Å². The van der Waals surface area contributed by atoms with Crippen molar-refractivity contribution in [1.82, 2.24) is 0 Å². The van der Waals surface area contributed by atoms with Gasteiger partial charge in [-0.05, 0) is 44.8 Å². The van der Waals surface area contributed by atoms with Gasteiger partial charge in [-0.3, -0.25) is 0 Å². The molecular formula is C16H11BrO3S. The third-order valence-electron chi connectivity index (χ3n) is 3.24. The van der Waals surface area contributed by atoms with E-state index in [9.17, 15) is 9.90 Å². The maximum absolute atomic E-state index is 11.2. The second kappa shape index (κ2) is 5.50. The first-order valence-electron chi connectivity index (χ1n) is 6.20. The molecule has 0 saturated carbocycles. The average molecular weight is 363 g/mol. The minimum atomic E-state index is -0.964. The lowest BCUT2D eigenvalue weighted by atomic mass is 9.96. The van der Waals surface area contributed by atoms with Crippen LogP contribution in [0.15, 0.2) is 40.2 Å². The predicted molar refractivity (Wildman–Crippen MR) is 88.1 cm³/mol. The van der Waals surface area contributed by atoms with Gasteiger partial charge in [-0.15, -0.1) is 11.3 Å². The van der Waals surface area contributed by atoms with Gasteiger partial charge in [-0.25, -0.2) is 4.79 Å². The zero-order valence-electron chi connectivity index (χ0n) is 11.1. The third-order valence-corrected chi connectivity index (χ3v) is 4.89. The molecule has 1 heterocycles. The lowest BCUT2D eigenvalue weighted by molar-refractivity contribution is -0.131. The number of halogens is 1. The van der Waals surface area contributed by atoms with Crippen molar-refractivity contribution in [3.05, 3.63) is 61.8 Å². The van der Waals surface area contributed by atoms with Gasteiger partial charge < -0.3 is 9.84 Å². The van der Waals surface area contributed by atoms with Crippen LogP contribution in [0.25, 0.3) is 17.4 Å². The van der Waals surface area contributed by atoms with E-state index in [2.05, 4.69) is 15.9 Å². The number of fused-ring (bicyclic) bond motifs is 2. The van der Waals surface area contributed by atoms with Crippen LogP contribution in [-0.4, -0.2) is 18.2 Å². The summed E-state index contributed by atoms with van der Waals surface area (Å²) in [4.78, 5) is 12.1. The normalized spacial score (nSPS) is 15.0. The number of rotatable bonds is 2. The topological polar surface area (TPSA) is 46.5 Å². The highest BCUT2D eigenvalue weighted by molar-refractivity contribution is 9.11. The van der Waals surface area contributed by atoms with Crippen LogP contribution in [0.3, 0.4) is 0 Å². The molecule has 5 heteroatoms. The molecule has 1 aromatic carbocycles. The Morgan fingerprint density at radius 2 is 2.10 bits per heavy atom. The van der Waals surface area contributed by atoms with Gasteiger partial charge in [0.05, 0.1) is 15.8 Å². The van der Waals surface area contributed by atoms with Crippen molar-refractivity contribution in [1.29, 1.82) is 0 Å². The predicted octanol–water partition coefficient (Wildman–Crippen LogP) is 4.48. The van der Waals surface area contributed by atoms with E-state index in [0.29, 0.717) is 5.57 Å². The number of benzene rings is 1. The number of aliphatic carboxylic acids is 1.